The van der Waals surface area contributed by atoms with Gasteiger partial charge in [-0.25, -0.2) is 4.99 Å². The van der Waals surface area contributed by atoms with Crippen molar-refractivity contribution in [3.8, 4) is 5.75 Å². The van der Waals surface area contributed by atoms with Gasteiger partial charge in [0, 0.05) is 12.4 Å². The van der Waals surface area contributed by atoms with Gasteiger partial charge in [-0.15, -0.1) is 0 Å². The van der Waals surface area contributed by atoms with Crippen LogP contribution in [0.4, 0.5) is 5.69 Å². The van der Waals surface area contributed by atoms with Crippen LogP contribution in [0.3, 0.4) is 0 Å². The van der Waals surface area contributed by atoms with Crippen LogP contribution in [0.5, 0.6) is 5.75 Å². The lowest BCUT2D eigenvalue weighted by atomic mass is 10.2. The van der Waals surface area contributed by atoms with Gasteiger partial charge in [0.1, 0.15) is 17.1 Å². The quantitative estimate of drug-likeness (QED) is 0.776. The summed E-state index contributed by atoms with van der Waals surface area (Å²) in [7, 11) is 1.64. The number of nitrogens with zero attached hydrogens (tertiary/aromatic N) is 3. The molecule has 4 heteroatoms. The average Bonchev–Trinajstić information content (AvgIpc) is 2.40. The van der Waals surface area contributed by atoms with E-state index >= 15 is 0 Å². The molecule has 0 bridgehead atoms. The number of aliphatic imine (C=N–C) groups is 1. The fourth-order valence-electron chi connectivity index (χ4n) is 1.61. The first-order valence-electron chi connectivity index (χ1n) is 5.67. The van der Waals surface area contributed by atoms with Gasteiger partial charge in [-0.1, -0.05) is 6.07 Å². The molecule has 0 radical (unpaired) electrons. The summed E-state index contributed by atoms with van der Waals surface area (Å²) >= 11 is 0. The highest BCUT2D eigenvalue weighted by atomic mass is 16.5. The van der Waals surface area contributed by atoms with Gasteiger partial charge in [0.15, 0.2) is 0 Å². The van der Waals surface area contributed by atoms with Gasteiger partial charge in [-0.2, -0.15) is 0 Å². The van der Waals surface area contributed by atoms with E-state index in [1.54, 1.807) is 25.7 Å². The lowest BCUT2D eigenvalue weighted by molar-refractivity contribution is 0.416. The van der Waals surface area contributed by atoms with Crippen molar-refractivity contribution in [3.05, 3.63) is 48.0 Å². The predicted molar refractivity (Wildman–Crippen MR) is 71.6 cm³/mol. The number of aryl methyl sites for hydroxylation is 1. The Bertz CT molecular complexity index is 565. The molecule has 0 amide bonds. The predicted octanol–water partition coefficient (Wildman–Crippen LogP) is 2.93. The first-order chi connectivity index (χ1) is 8.70. The lowest BCUT2D eigenvalue weighted by Crippen LogP contribution is -1.98. The van der Waals surface area contributed by atoms with E-state index in [1.807, 2.05) is 32.0 Å². The summed E-state index contributed by atoms with van der Waals surface area (Å²) in [6, 6.07) is 5.90. The summed E-state index contributed by atoms with van der Waals surface area (Å²) < 4.78 is 5.29. The molecular weight excluding hydrogens is 226 g/mol. The summed E-state index contributed by atoms with van der Waals surface area (Å²) in [5, 5.41) is 0. The lowest BCUT2D eigenvalue weighted by Gasteiger charge is -2.06. The number of methoxy groups -OCH3 is 1. The van der Waals surface area contributed by atoms with Crippen LogP contribution in [0.15, 0.2) is 41.8 Å². The third-order valence-corrected chi connectivity index (χ3v) is 2.56. The Morgan fingerprint density at radius 3 is 2.78 bits per heavy atom. The van der Waals surface area contributed by atoms with E-state index in [-0.39, 0.29) is 0 Å². The molecule has 0 saturated heterocycles. The fourth-order valence-corrected chi connectivity index (χ4v) is 1.61. The highest BCUT2D eigenvalue weighted by Crippen LogP contribution is 2.28. The second-order valence-corrected chi connectivity index (χ2v) is 3.96. The highest BCUT2D eigenvalue weighted by molar-refractivity contribution is 5.98. The zero-order chi connectivity index (χ0) is 13.0. The molecule has 18 heavy (non-hydrogen) atoms. The molecule has 0 spiro atoms. The molecule has 2 aromatic rings. The van der Waals surface area contributed by atoms with Gasteiger partial charge in [-0.3, -0.25) is 9.97 Å². The summed E-state index contributed by atoms with van der Waals surface area (Å²) in [5.74, 6) is 0.754. The second-order valence-electron chi connectivity index (χ2n) is 3.96. The van der Waals surface area contributed by atoms with E-state index in [4.69, 9.17) is 4.74 Å². The fraction of sp³-hybridized carbons (Fsp3) is 0.214. The van der Waals surface area contributed by atoms with E-state index in [9.17, 15) is 0 Å². The molecule has 0 saturated carbocycles. The molecule has 1 aromatic heterocycles. The molecule has 0 atom stereocenters. The summed E-state index contributed by atoms with van der Waals surface area (Å²) in [6.45, 7) is 3.93. The van der Waals surface area contributed by atoms with Crippen LogP contribution in [0, 0.1) is 6.92 Å². The molecule has 2 rings (SSSR count). The van der Waals surface area contributed by atoms with Crippen molar-refractivity contribution in [1.29, 1.82) is 0 Å². The smallest absolute Gasteiger partial charge is 0.144 e. The number of benzene rings is 1. The van der Waals surface area contributed by atoms with Gasteiger partial charge in [0.05, 0.1) is 19.0 Å². The van der Waals surface area contributed by atoms with Crippen LogP contribution < -0.4 is 4.74 Å². The molecule has 1 heterocycles. The number of aromatic nitrogens is 2. The zero-order valence-corrected chi connectivity index (χ0v) is 10.7. The largest absolute Gasteiger partial charge is 0.494 e. The summed E-state index contributed by atoms with van der Waals surface area (Å²) in [4.78, 5) is 12.8. The number of hydrogen-bond donors (Lipinski definition) is 0. The Hall–Kier alpha value is -2.23. The third-order valence-electron chi connectivity index (χ3n) is 2.56. The van der Waals surface area contributed by atoms with Gasteiger partial charge in [-0.05, 0) is 31.5 Å². The molecule has 0 aliphatic rings. The Labute approximate surface area is 106 Å². The normalized spacial score (nSPS) is 11.4. The maximum absolute atomic E-state index is 5.29. The van der Waals surface area contributed by atoms with Gasteiger partial charge < -0.3 is 4.74 Å². The standard InChI is InChI=1S/C14H15N3O/c1-10-4-5-14(18-3)12(8-10)17-11(2)13-9-15-6-7-16-13/h4-9H,1-3H3. The topological polar surface area (TPSA) is 47.4 Å². The van der Waals surface area contributed by atoms with E-state index < -0.39 is 0 Å². The number of rotatable bonds is 3. The molecule has 0 aliphatic heterocycles. The average molecular weight is 241 g/mol. The number of ether oxygens (including phenoxy) is 1. The SMILES string of the molecule is COc1ccc(C)cc1N=C(C)c1cnccn1. The summed E-state index contributed by atoms with van der Waals surface area (Å²) in [6.07, 6.45) is 4.99. The maximum atomic E-state index is 5.29. The Morgan fingerprint density at radius 1 is 1.28 bits per heavy atom. The second kappa shape index (κ2) is 5.40. The van der Waals surface area contributed by atoms with Gasteiger partial charge >= 0.3 is 0 Å². The highest BCUT2D eigenvalue weighted by Gasteiger charge is 2.04. The minimum atomic E-state index is 0.754. The molecule has 0 aliphatic carbocycles. The number of hydrogen-bond acceptors (Lipinski definition) is 4. The van der Waals surface area contributed by atoms with E-state index in [0.29, 0.717) is 0 Å². The molecule has 0 unspecified atom stereocenters. The minimum Gasteiger partial charge on any atom is -0.494 e. The molecule has 92 valence electrons. The van der Waals surface area contributed by atoms with Crippen molar-refractivity contribution in [2.45, 2.75) is 13.8 Å². The van der Waals surface area contributed by atoms with Crippen LogP contribution >= 0.6 is 0 Å². The van der Waals surface area contributed by atoms with E-state index in [1.165, 1.54) is 0 Å². The molecular formula is C14H15N3O. The van der Waals surface area contributed by atoms with E-state index in [0.717, 1.165) is 28.4 Å². The summed E-state index contributed by atoms with van der Waals surface area (Å²) in [5.41, 5.74) is 3.52. The Morgan fingerprint density at radius 2 is 2.11 bits per heavy atom. The Balaban J connectivity index is 2.41. The molecule has 0 fully saturated rings. The van der Waals surface area contributed by atoms with Gasteiger partial charge in [0.2, 0.25) is 0 Å². The van der Waals surface area contributed by atoms with Crippen LogP contribution in [0.25, 0.3) is 0 Å². The molecule has 1 aromatic carbocycles. The maximum Gasteiger partial charge on any atom is 0.144 e. The van der Waals surface area contributed by atoms with Crippen LogP contribution in [0.1, 0.15) is 18.2 Å². The monoisotopic (exact) mass is 241 g/mol. The molecule has 0 N–H and O–H groups in total. The minimum absolute atomic E-state index is 0.754. The van der Waals surface area contributed by atoms with Crippen molar-refractivity contribution in [3.63, 3.8) is 0 Å². The van der Waals surface area contributed by atoms with Crippen molar-refractivity contribution >= 4 is 11.4 Å². The first kappa shape index (κ1) is 12.2. The zero-order valence-electron chi connectivity index (χ0n) is 10.7. The first-order valence-corrected chi connectivity index (χ1v) is 5.67. The van der Waals surface area contributed by atoms with Crippen LogP contribution in [0.2, 0.25) is 0 Å². The van der Waals surface area contributed by atoms with Crippen molar-refractivity contribution < 1.29 is 4.74 Å². The Kier molecular flexibility index (Phi) is 3.67. The van der Waals surface area contributed by atoms with Crippen LogP contribution in [-0.2, 0) is 0 Å². The molecule has 4 nitrogen and oxygen atoms in total. The van der Waals surface area contributed by atoms with Crippen LogP contribution in [-0.4, -0.2) is 22.8 Å². The van der Waals surface area contributed by atoms with Crippen molar-refractivity contribution in [1.82, 2.24) is 9.97 Å². The third kappa shape index (κ3) is 2.71. The van der Waals surface area contributed by atoms with Crippen molar-refractivity contribution in [2.75, 3.05) is 7.11 Å². The van der Waals surface area contributed by atoms with E-state index in [2.05, 4.69) is 15.0 Å². The van der Waals surface area contributed by atoms with Gasteiger partial charge in [0.25, 0.3) is 0 Å². The van der Waals surface area contributed by atoms with Crippen molar-refractivity contribution in [2.24, 2.45) is 4.99 Å².